The number of aryl methyl sites for hydroxylation is 1. The highest BCUT2D eigenvalue weighted by Crippen LogP contribution is 2.10. The molecule has 1 unspecified atom stereocenters. The van der Waals surface area contributed by atoms with Gasteiger partial charge in [-0.25, -0.2) is 0 Å². The van der Waals surface area contributed by atoms with Crippen molar-refractivity contribution in [3.63, 3.8) is 0 Å². The SMILES string of the molecule is Cc1c(C(=O)NCC(Cl)CC(C)C)cnn1C. The number of carbonyl (C=O) groups excluding carboxylic acids is 1. The third-order valence-electron chi connectivity index (χ3n) is 2.69. The lowest BCUT2D eigenvalue weighted by Gasteiger charge is -2.12. The molecule has 1 aromatic rings. The highest BCUT2D eigenvalue weighted by atomic mass is 35.5. The van der Waals surface area contributed by atoms with Gasteiger partial charge in [0.2, 0.25) is 0 Å². The highest BCUT2D eigenvalue weighted by molar-refractivity contribution is 6.21. The molecule has 0 fully saturated rings. The lowest BCUT2D eigenvalue weighted by atomic mass is 10.1. The van der Waals surface area contributed by atoms with E-state index in [9.17, 15) is 4.79 Å². The van der Waals surface area contributed by atoms with Crippen LogP contribution in [0.3, 0.4) is 0 Å². The third kappa shape index (κ3) is 4.04. The van der Waals surface area contributed by atoms with Gasteiger partial charge in [0, 0.05) is 19.3 Å². The van der Waals surface area contributed by atoms with Crippen molar-refractivity contribution >= 4 is 17.5 Å². The van der Waals surface area contributed by atoms with Crippen LogP contribution in [0.5, 0.6) is 0 Å². The Balaban J connectivity index is 2.48. The number of alkyl halides is 1. The number of nitrogens with one attached hydrogen (secondary N) is 1. The number of halogens is 1. The van der Waals surface area contributed by atoms with Crippen molar-refractivity contribution in [3.8, 4) is 0 Å². The molecule has 5 heteroatoms. The van der Waals surface area contributed by atoms with Gasteiger partial charge < -0.3 is 5.32 Å². The molecule has 17 heavy (non-hydrogen) atoms. The predicted molar refractivity (Wildman–Crippen MR) is 69.4 cm³/mol. The summed E-state index contributed by atoms with van der Waals surface area (Å²) in [5, 5.41) is 6.85. The molecule has 1 heterocycles. The average molecular weight is 258 g/mol. The second kappa shape index (κ2) is 6.05. The molecule has 0 saturated carbocycles. The molecule has 0 aliphatic carbocycles. The van der Waals surface area contributed by atoms with Crippen LogP contribution in [0.2, 0.25) is 0 Å². The summed E-state index contributed by atoms with van der Waals surface area (Å²) in [5.41, 5.74) is 1.47. The van der Waals surface area contributed by atoms with Gasteiger partial charge in [0.15, 0.2) is 0 Å². The number of aromatic nitrogens is 2. The number of rotatable bonds is 5. The van der Waals surface area contributed by atoms with Gasteiger partial charge in [-0.2, -0.15) is 5.10 Å². The van der Waals surface area contributed by atoms with Crippen LogP contribution in [0.25, 0.3) is 0 Å². The van der Waals surface area contributed by atoms with Crippen LogP contribution >= 0.6 is 11.6 Å². The Morgan fingerprint density at radius 1 is 1.59 bits per heavy atom. The molecule has 0 saturated heterocycles. The monoisotopic (exact) mass is 257 g/mol. The van der Waals surface area contributed by atoms with Gasteiger partial charge in [0.25, 0.3) is 5.91 Å². The van der Waals surface area contributed by atoms with Crippen molar-refractivity contribution in [1.29, 1.82) is 0 Å². The number of hydrogen-bond donors (Lipinski definition) is 1. The van der Waals surface area contributed by atoms with Crippen molar-refractivity contribution < 1.29 is 4.79 Å². The van der Waals surface area contributed by atoms with Crippen LogP contribution in [0.4, 0.5) is 0 Å². The molecule has 4 nitrogen and oxygen atoms in total. The van der Waals surface area contributed by atoms with E-state index in [4.69, 9.17) is 11.6 Å². The Hall–Kier alpha value is -1.03. The van der Waals surface area contributed by atoms with E-state index in [0.717, 1.165) is 12.1 Å². The maximum absolute atomic E-state index is 11.8. The summed E-state index contributed by atoms with van der Waals surface area (Å²) in [7, 11) is 1.81. The van der Waals surface area contributed by atoms with Gasteiger partial charge in [0.1, 0.15) is 0 Å². The fourth-order valence-corrected chi connectivity index (χ4v) is 2.05. The van der Waals surface area contributed by atoms with Crippen molar-refractivity contribution in [2.24, 2.45) is 13.0 Å². The molecule has 0 radical (unpaired) electrons. The van der Waals surface area contributed by atoms with Crippen molar-refractivity contribution in [1.82, 2.24) is 15.1 Å². The number of nitrogens with zero attached hydrogens (tertiary/aromatic N) is 2. The van der Waals surface area contributed by atoms with Crippen molar-refractivity contribution in [2.75, 3.05) is 6.54 Å². The van der Waals surface area contributed by atoms with Gasteiger partial charge in [0.05, 0.1) is 17.1 Å². The molecular weight excluding hydrogens is 238 g/mol. The van der Waals surface area contributed by atoms with Crippen LogP contribution in [0, 0.1) is 12.8 Å². The summed E-state index contributed by atoms with van der Waals surface area (Å²) in [6.07, 6.45) is 2.48. The summed E-state index contributed by atoms with van der Waals surface area (Å²) in [4.78, 5) is 11.8. The van der Waals surface area contributed by atoms with E-state index >= 15 is 0 Å². The number of hydrogen-bond acceptors (Lipinski definition) is 2. The molecule has 0 bridgehead atoms. The largest absolute Gasteiger partial charge is 0.350 e. The molecule has 1 rings (SSSR count). The van der Waals surface area contributed by atoms with Crippen molar-refractivity contribution in [3.05, 3.63) is 17.5 Å². The van der Waals surface area contributed by atoms with E-state index in [2.05, 4.69) is 24.3 Å². The average Bonchev–Trinajstić information content (AvgIpc) is 2.55. The van der Waals surface area contributed by atoms with Crippen LogP contribution in [0.15, 0.2) is 6.20 Å². The molecule has 1 aromatic heterocycles. The molecule has 0 spiro atoms. The molecule has 0 aromatic carbocycles. The van der Waals surface area contributed by atoms with Gasteiger partial charge in [-0.3, -0.25) is 9.48 Å². The standard InChI is InChI=1S/C12H20ClN3O/c1-8(2)5-10(13)6-14-12(17)11-7-15-16(4)9(11)3/h7-8,10H,5-6H2,1-4H3,(H,14,17). The highest BCUT2D eigenvalue weighted by Gasteiger charge is 2.14. The maximum atomic E-state index is 11.8. The summed E-state index contributed by atoms with van der Waals surface area (Å²) >= 11 is 6.12. The molecule has 0 aliphatic heterocycles. The topological polar surface area (TPSA) is 46.9 Å². The molecule has 96 valence electrons. The maximum Gasteiger partial charge on any atom is 0.254 e. The lowest BCUT2D eigenvalue weighted by Crippen LogP contribution is -2.30. The van der Waals surface area contributed by atoms with Crippen LogP contribution in [-0.4, -0.2) is 27.6 Å². The zero-order valence-corrected chi connectivity index (χ0v) is 11.6. The van der Waals surface area contributed by atoms with Crippen LogP contribution < -0.4 is 5.32 Å². The molecule has 1 N–H and O–H groups in total. The first kappa shape index (κ1) is 14.0. The zero-order valence-electron chi connectivity index (χ0n) is 10.8. The smallest absolute Gasteiger partial charge is 0.254 e. The van der Waals surface area contributed by atoms with Crippen LogP contribution in [0.1, 0.15) is 36.3 Å². The molecule has 0 aliphatic rings. The minimum atomic E-state index is -0.106. The number of carbonyl (C=O) groups is 1. The first-order valence-corrected chi connectivity index (χ1v) is 6.26. The quantitative estimate of drug-likeness (QED) is 0.822. The van der Waals surface area contributed by atoms with Gasteiger partial charge in [-0.1, -0.05) is 13.8 Å². The summed E-state index contributed by atoms with van der Waals surface area (Å²) < 4.78 is 1.68. The van der Waals surface area contributed by atoms with E-state index in [0.29, 0.717) is 18.0 Å². The van der Waals surface area contributed by atoms with Gasteiger partial charge in [-0.05, 0) is 19.3 Å². The first-order chi connectivity index (χ1) is 7.91. The van der Waals surface area contributed by atoms with E-state index in [1.807, 2.05) is 14.0 Å². The van der Waals surface area contributed by atoms with Gasteiger partial charge in [-0.15, -0.1) is 11.6 Å². The second-order valence-corrected chi connectivity index (χ2v) is 5.32. The minimum Gasteiger partial charge on any atom is -0.350 e. The normalized spacial score (nSPS) is 12.8. The van der Waals surface area contributed by atoms with E-state index in [1.165, 1.54) is 0 Å². The Kier molecular flexibility index (Phi) is 5.00. The predicted octanol–water partition coefficient (Wildman–Crippen LogP) is 2.11. The zero-order chi connectivity index (χ0) is 13.0. The third-order valence-corrected chi connectivity index (χ3v) is 3.02. The van der Waals surface area contributed by atoms with E-state index in [1.54, 1.807) is 10.9 Å². The molecule has 1 amide bonds. The van der Waals surface area contributed by atoms with Crippen LogP contribution in [-0.2, 0) is 7.05 Å². The minimum absolute atomic E-state index is 0.0177. The number of amides is 1. The van der Waals surface area contributed by atoms with E-state index in [-0.39, 0.29) is 11.3 Å². The summed E-state index contributed by atoms with van der Waals surface area (Å²) in [6, 6.07) is 0. The lowest BCUT2D eigenvalue weighted by molar-refractivity contribution is 0.0952. The summed E-state index contributed by atoms with van der Waals surface area (Å²) in [6.45, 7) is 6.59. The fourth-order valence-electron chi connectivity index (χ4n) is 1.62. The Morgan fingerprint density at radius 3 is 2.71 bits per heavy atom. The Labute approximate surface area is 107 Å². The molecule has 1 atom stereocenters. The Morgan fingerprint density at radius 2 is 2.24 bits per heavy atom. The molecular formula is C12H20ClN3O. The first-order valence-electron chi connectivity index (χ1n) is 5.82. The van der Waals surface area contributed by atoms with Crippen molar-refractivity contribution in [2.45, 2.75) is 32.6 Å². The van der Waals surface area contributed by atoms with E-state index < -0.39 is 0 Å². The second-order valence-electron chi connectivity index (χ2n) is 4.70. The Bertz CT molecular complexity index is 387. The van der Waals surface area contributed by atoms with Gasteiger partial charge >= 0.3 is 0 Å². The summed E-state index contributed by atoms with van der Waals surface area (Å²) in [5.74, 6) is 0.430. The fraction of sp³-hybridized carbons (Fsp3) is 0.667.